The van der Waals surface area contributed by atoms with Crippen molar-refractivity contribution < 1.29 is 13.9 Å². The molecule has 0 radical (unpaired) electrons. The first kappa shape index (κ1) is 17.1. The number of furan rings is 1. The van der Waals surface area contributed by atoms with E-state index >= 15 is 0 Å². The summed E-state index contributed by atoms with van der Waals surface area (Å²) in [6.07, 6.45) is 2.79. The van der Waals surface area contributed by atoms with Gasteiger partial charge in [-0.25, -0.2) is 0 Å². The molecule has 0 saturated carbocycles. The number of nitrogens with one attached hydrogen (secondary N) is 1. The van der Waals surface area contributed by atoms with E-state index < -0.39 is 0 Å². The fourth-order valence-electron chi connectivity index (χ4n) is 2.40. The van der Waals surface area contributed by atoms with Gasteiger partial charge in [0.2, 0.25) is 5.91 Å². The van der Waals surface area contributed by atoms with Crippen LogP contribution in [0, 0.1) is 0 Å². The van der Waals surface area contributed by atoms with E-state index in [1.165, 1.54) is 0 Å². The van der Waals surface area contributed by atoms with E-state index in [0.717, 1.165) is 17.1 Å². The third kappa shape index (κ3) is 5.14. The van der Waals surface area contributed by atoms with Crippen LogP contribution in [0.15, 0.2) is 47.1 Å². The number of aryl methyl sites for hydroxylation is 1. The van der Waals surface area contributed by atoms with E-state index in [1.54, 1.807) is 13.4 Å². The Labute approximate surface area is 137 Å². The van der Waals surface area contributed by atoms with Crippen LogP contribution in [0.1, 0.15) is 23.8 Å². The summed E-state index contributed by atoms with van der Waals surface area (Å²) in [7, 11) is 5.58. The van der Waals surface area contributed by atoms with Crippen LogP contribution in [0.25, 0.3) is 0 Å². The van der Waals surface area contributed by atoms with E-state index in [1.807, 2.05) is 55.4 Å². The Morgan fingerprint density at radius 3 is 2.78 bits per heavy atom. The van der Waals surface area contributed by atoms with Crippen LogP contribution < -0.4 is 10.1 Å². The average molecular weight is 316 g/mol. The standard InChI is InChI=1S/C18H24N2O3/c1-20(2)16(17-8-5-11-23-17)13-19-18(21)10-9-14-6-4-7-15(12-14)22-3/h4-8,11-12,16H,9-10,13H2,1-3H3,(H,19,21). The number of benzene rings is 1. The van der Waals surface area contributed by atoms with Crippen molar-refractivity contribution in [3.05, 3.63) is 54.0 Å². The van der Waals surface area contributed by atoms with Gasteiger partial charge in [0.1, 0.15) is 11.5 Å². The van der Waals surface area contributed by atoms with E-state index in [0.29, 0.717) is 19.4 Å². The highest BCUT2D eigenvalue weighted by atomic mass is 16.5. The van der Waals surface area contributed by atoms with Crippen molar-refractivity contribution in [2.24, 2.45) is 0 Å². The number of carbonyl (C=O) groups excluding carboxylic acids is 1. The molecule has 5 nitrogen and oxygen atoms in total. The average Bonchev–Trinajstić information content (AvgIpc) is 3.07. The molecule has 1 amide bonds. The molecule has 0 aliphatic heterocycles. The minimum atomic E-state index is 0.0331. The van der Waals surface area contributed by atoms with Gasteiger partial charge in [-0.3, -0.25) is 9.69 Å². The Kier molecular flexibility index (Phi) is 6.23. The van der Waals surface area contributed by atoms with Crippen molar-refractivity contribution in [2.75, 3.05) is 27.7 Å². The van der Waals surface area contributed by atoms with Gasteiger partial charge in [-0.1, -0.05) is 12.1 Å². The summed E-state index contributed by atoms with van der Waals surface area (Å²) in [5.74, 6) is 1.70. The largest absolute Gasteiger partial charge is 0.497 e. The third-order valence-corrected chi connectivity index (χ3v) is 3.76. The molecular weight excluding hydrogens is 292 g/mol. The molecule has 2 rings (SSSR count). The van der Waals surface area contributed by atoms with Gasteiger partial charge in [0.25, 0.3) is 0 Å². The molecule has 2 aromatic rings. The first-order valence-corrected chi connectivity index (χ1v) is 7.69. The zero-order valence-corrected chi connectivity index (χ0v) is 13.9. The molecule has 124 valence electrons. The molecule has 1 unspecified atom stereocenters. The second-order valence-corrected chi connectivity index (χ2v) is 5.65. The van der Waals surface area contributed by atoms with E-state index in [-0.39, 0.29) is 11.9 Å². The highest BCUT2D eigenvalue weighted by Crippen LogP contribution is 2.18. The zero-order valence-electron chi connectivity index (χ0n) is 13.9. The molecule has 23 heavy (non-hydrogen) atoms. The van der Waals surface area contributed by atoms with Crippen LogP contribution >= 0.6 is 0 Å². The van der Waals surface area contributed by atoms with Gasteiger partial charge in [-0.05, 0) is 50.3 Å². The van der Waals surface area contributed by atoms with Gasteiger partial charge >= 0.3 is 0 Å². The van der Waals surface area contributed by atoms with Crippen LogP contribution in [0.4, 0.5) is 0 Å². The molecule has 1 N–H and O–H groups in total. The molecule has 1 aromatic heterocycles. The molecule has 1 heterocycles. The monoisotopic (exact) mass is 316 g/mol. The number of amides is 1. The SMILES string of the molecule is COc1cccc(CCC(=O)NCC(c2ccco2)N(C)C)c1. The Hall–Kier alpha value is -2.27. The Balaban J connectivity index is 1.82. The van der Waals surface area contributed by atoms with Gasteiger partial charge in [-0.2, -0.15) is 0 Å². The summed E-state index contributed by atoms with van der Waals surface area (Å²) in [6, 6.07) is 11.6. The van der Waals surface area contributed by atoms with Gasteiger partial charge < -0.3 is 14.5 Å². The zero-order chi connectivity index (χ0) is 16.7. The van der Waals surface area contributed by atoms with E-state index in [9.17, 15) is 4.79 Å². The molecule has 0 saturated heterocycles. The lowest BCUT2D eigenvalue weighted by Crippen LogP contribution is -2.34. The Morgan fingerprint density at radius 2 is 2.13 bits per heavy atom. The topological polar surface area (TPSA) is 54.7 Å². The highest BCUT2D eigenvalue weighted by Gasteiger charge is 2.17. The summed E-state index contributed by atoms with van der Waals surface area (Å²) >= 11 is 0. The second-order valence-electron chi connectivity index (χ2n) is 5.65. The van der Waals surface area contributed by atoms with Crippen molar-refractivity contribution in [3.63, 3.8) is 0 Å². The minimum absolute atomic E-state index is 0.0331. The summed E-state index contributed by atoms with van der Waals surface area (Å²) in [5, 5.41) is 2.98. The second kappa shape index (κ2) is 8.39. The summed E-state index contributed by atoms with van der Waals surface area (Å²) in [4.78, 5) is 14.1. The number of hydrogen-bond acceptors (Lipinski definition) is 4. The maximum Gasteiger partial charge on any atom is 0.220 e. The van der Waals surface area contributed by atoms with Gasteiger partial charge in [-0.15, -0.1) is 0 Å². The lowest BCUT2D eigenvalue weighted by Gasteiger charge is -2.22. The Morgan fingerprint density at radius 1 is 1.30 bits per heavy atom. The van der Waals surface area contributed by atoms with E-state index in [2.05, 4.69) is 5.32 Å². The lowest BCUT2D eigenvalue weighted by molar-refractivity contribution is -0.121. The van der Waals surface area contributed by atoms with Gasteiger partial charge in [0, 0.05) is 13.0 Å². The maximum atomic E-state index is 12.1. The van der Waals surface area contributed by atoms with Crippen molar-refractivity contribution in [2.45, 2.75) is 18.9 Å². The molecule has 1 aromatic carbocycles. The van der Waals surface area contributed by atoms with Gasteiger partial charge in [0.05, 0.1) is 19.4 Å². The normalized spacial score (nSPS) is 12.2. The van der Waals surface area contributed by atoms with Crippen molar-refractivity contribution >= 4 is 5.91 Å². The predicted molar refractivity (Wildman–Crippen MR) is 89.5 cm³/mol. The van der Waals surface area contributed by atoms with Crippen molar-refractivity contribution in [3.8, 4) is 5.75 Å². The smallest absolute Gasteiger partial charge is 0.220 e. The number of nitrogens with zero attached hydrogens (tertiary/aromatic N) is 1. The van der Waals surface area contributed by atoms with Crippen molar-refractivity contribution in [1.82, 2.24) is 10.2 Å². The lowest BCUT2D eigenvalue weighted by atomic mass is 10.1. The molecule has 0 aliphatic carbocycles. The molecule has 0 spiro atoms. The van der Waals surface area contributed by atoms with Crippen LogP contribution in [0.3, 0.4) is 0 Å². The fourth-order valence-corrected chi connectivity index (χ4v) is 2.40. The number of ether oxygens (including phenoxy) is 1. The summed E-state index contributed by atoms with van der Waals surface area (Å²) in [5.41, 5.74) is 1.09. The third-order valence-electron chi connectivity index (χ3n) is 3.76. The number of hydrogen-bond donors (Lipinski definition) is 1. The Bertz CT molecular complexity index is 608. The maximum absolute atomic E-state index is 12.1. The number of likely N-dealkylation sites (N-methyl/N-ethyl adjacent to an activating group) is 1. The van der Waals surface area contributed by atoms with Crippen LogP contribution in [0.5, 0.6) is 5.75 Å². The number of carbonyl (C=O) groups is 1. The number of methoxy groups -OCH3 is 1. The molecule has 0 fully saturated rings. The first-order valence-electron chi connectivity index (χ1n) is 7.69. The fraction of sp³-hybridized carbons (Fsp3) is 0.389. The predicted octanol–water partition coefficient (Wildman–Crippen LogP) is 2.64. The van der Waals surface area contributed by atoms with Crippen LogP contribution in [-0.2, 0) is 11.2 Å². The van der Waals surface area contributed by atoms with Crippen molar-refractivity contribution in [1.29, 1.82) is 0 Å². The number of rotatable bonds is 8. The molecule has 5 heteroatoms. The molecule has 1 atom stereocenters. The van der Waals surface area contributed by atoms with E-state index in [4.69, 9.17) is 9.15 Å². The first-order chi connectivity index (χ1) is 11.1. The molecule has 0 bridgehead atoms. The van der Waals surface area contributed by atoms with Gasteiger partial charge in [0.15, 0.2) is 0 Å². The quantitative estimate of drug-likeness (QED) is 0.813. The minimum Gasteiger partial charge on any atom is -0.497 e. The molecule has 0 aliphatic rings. The highest BCUT2D eigenvalue weighted by molar-refractivity contribution is 5.76. The summed E-state index contributed by atoms with van der Waals surface area (Å²) < 4.78 is 10.6. The molecular formula is C18H24N2O3. The van der Waals surface area contributed by atoms with Crippen LogP contribution in [0.2, 0.25) is 0 Å². The summed E-state index contributed by atoms with van der Waals surface area (Å²) in [6.45, 7) is 0.525. The van der Waals surface area contributed by atoms with Crippen LogP contribution in [-0.4, -0.2) is 38.6 Å².